The molecule has 3 rings (SSSR count). The quantitative estimate of drug-likeness (QED) is 0.565. The molecule has 0 unspecified atom stereocenters. The number of hydrogen-bond acceptors (Lipinski definition) is 3. The molecular weight excluding hydrogens is 376 g/mol. The van der Waals surface area contributed by atoms with Crippen LogP contribution in [-0.2, 0) is 17.3 Å². The predicted octanol–water partition coefficient (Wildman–Crippen LogP) is 5.85. The third-order valence-electron chi connectivity index (χ3n) is 8.09. The largest absolute Gasteiger partial charge is 0.496 e. The second-order valence-electron chi connectivity index (χ2n) is 11.2. The molecule has 164 valence electrons. The standard InChI is InChI=1S/C25H42O3Si/c1-17(16-28-29(6,7)25(2,3)4)11-12-20-21-13-18-9-8-10-24(27-5)22(18)14-19(21)15-23(20)26/h8-10,17,19-21,23,26H,11-16H2,1-7H3/t17-,19+,20-,21+,23-/m1/s1. The van der Waals surface area contributed by atoms with Crippen molar-refractivity contribution in [1.29, 1.82) is 0 Å². The van der Waals surface area contributed by atoms with Crippen molar-refractivity contribution in [2.24, 2.45) is 23.7 Å². The molecule has 0 heterocycles. The van der Waals surface area contributed by atoms with E-state index in [1.54, 1.807) is 7.11 Å². The monoisotopic (exact) mass is 418 g/mol. The zero-order chi connectivity index (χ0) is 21.4. The van der Waals surface area contributed by atoms with E-state index in [0.29, 0.717) is 23.7 Å². The summed E-state index contributed by atoms with van der Waals surface area (Å²) in [6, 6.07) is 6.44. The maximum atomic E-state index is 10.8. The number of methoxy groups -OCH3 is 1. The van der Waals surface area contributed by atoms with Crippen LogP contribution in [0.1, 0.15) is 58.1 Å². The molecule has 0 spiro atoms. The van der Waals surface area contributed by atoms with Gasteiger partial charge in [-0.15, -0.1) is 0 Å². The second kappa shape index (κ2) is 8.72. The second-order valence-corrected chi connectivity index (χ2v) is 16.0. The first kappa shape index (κ1) is 22.8. The molecule has 1 saturated carbocycles. The first-order valence-corrected chi connectivity index (χ1v) is 14.4. The normalized spacial score (nSPS) is 28.0. The van der Waals surface area contributed by atoms with E-state index in [0.717, 1.165) is 44.5 Å². The van der Waals surface area contributed by atoms with Gasteiger partial charge in [-0.2, -0.15) is 0 Å². The molecule has 0 aromatic heterocycles. The molecule has 0 radical (unpaired) electrons. The highest BCUT2D eigenvalue weighted by atomic mass is 28.4. The zero-order valence-electron chi connectivity index (χ0n) is 19.6. The number of benzene rings is 1. The summed E-state index contributed by atoms with van der Waals surface area (Å²) >= 11 is 0. The van der Waals surface area contributed by atoms with Crippen LogP contribution in [-0.4, -0.2) is 33.2 Å². The average molecular weight is 419 g/mol. The van der Waals surface area contributed by atoms with Gasteiger partial charge in [-0.3, -0.25) is 0 Å². The molecule has 0 bridgehead atoms. The van der Waals surface area contributed by atoms with Gasteiger partial charge in [-0.25, -0.2) is 0 Å². The molecule has 29 heavy (non-hydrogen) atoms. The average Bonchev–Trinajstić information content (AvgIpc) is 2.95. The van der Waals surface area contributed by atoms with Crippen LogP contribution in [0.4, 0.5) is 0 Å². The Kier molecular flexibility index (Phi) is 6.87. The fraction of sp³-hybridized carbons (Fsp3) is 0.760. The van der Waals surface area contributed by atoms with Crippen LogP contribution in [0, 0.1) is 23.7 Å². The summed E-state index contributed by atoms with van der Waals surface area (Å²) < 4.78 is 12.0. The maximum Gasteiger partial charge on any atom is 0.191 e. The van der Waals surface area contributed by atoms with Crippen LogP contribution in [0.2, 0.25) is 18.1 Å². The molecule has 5 atom stereocenters. The van der Waals surface area contributed by atoms with E-state index in [1.165, 1.54) is 11.1 Å². The summed E-state index contributed by atoms with van der Waals surface area (Å²) in [6.45, 7) is 14.7. The van der Waals surface area contributed by atoms with E-state index < -0.39 is 8.32 Å². The number of ether oxygens (including phenoxy) is 1. The number of hydrogen-bond donors (Lipinski definition) is 1. The first-order valence-electron chi connectivity index (χ1n) is 11.5. The van der Waals surface area contributed by atoms with E-state index >= 15 is 0 Å². The van der Waals surface area contributed by atoms with Crippen LogP contribution in [0.15, 0.2) is 18.2 Å². The van der Waals surface area contributed by atoms with Crippen molar-refractivity contribution < 1.29 is 14.3 Å². The highest BCUT2D eigenvalue weighted by Crippen LogP contribution is 2.48. The van der Waals surface area contributed by atoms with Gasteiger partial charge in [0, 0.05) is 6.61 Å². The maximum absolute atomic E-state index is 10.8. The van der Waals surface area contributed by atoms with E-state index in [1.807, 2.05) is 0 Å². The van der Waals surface area contributed by atoms with Gasteiger partial charge >= 0.3 is 0 Å². The van der Waals surface area contributed by atoms with Crippen molar-refractivity contribution in [2.45, 2.75) is 84.0 Å². The van der Waals surface area contributed by atoms with Gasteiger partial charge in [-0.1, -0.05) is 39.8 Å². The van der Waals surface area contributed by atoms with Gasteiger partial charge in [0.25, 0.3) is 0 Å². The molecule has 1 aromatic rings. The summed E-state index contributed by atoms with van der Waals surface area (Å²) in [5.41, 5.74) is 2.80. The molecule has 4 heteroatoms. The lowest BCUT2D eigenvalue weighted by Gasteiger charge is -2.37. The Morgan fingerprint density at radius 3 is 2.59 bits per heavy atom. The Hall–Kier alpha value is -0.843. The molecule has 1 N–H and O–H groups in total. The fourth-order valence-corrected chi connectivity index (χ4v) is 6.26. The number of aliphatic hydroxyl groups excluding tert-OH is 1. The van der Waals surface area contributed by atoms with Crippen molar-refractivity contribution >= 4 is 8.32 Å². The predicted molar refractivity (Wildman–Crippen MR) is 123 cm³/mol. The highest BCUT2D eigenvalue weighted by Gasteiger charge is 2.45. The summed E-state index contributed by atoms with van der Waals surface area (Å²) in [5.74, 6) is 3.20. The summed E-state index contributed by atoms with van der Waals surface area (Å²) in [4.78, 5) is 0. The molecule has 1 fully saturated rings. The van der Waals surface area contributed by atoms with Crippen molar-refractivity contribution in [1.82, 2.24) is 0 Å². The van der Waals surface area contributed by atoms with Gasteiger partial charge in [0.2, 0.25) is 0 Å². The lowest BCUT2D eigenvalue weighted by atomic mass is 9.73. The Morgan fingerprint density at radius 2 is 1.93 bits per heavy atom. The minimum atomic E-state index is -1.68. The molecule has 0 aliphatic heterocycles. The Bertz CT molecular complexity index is 694. The van der Waals surface area contributed by atoms with Crippen LogP contribution in [0.3, 0.4) is 0 Å². The number of fused-ring (bicyclic) bond motifs is 2. The first-order chi connectivity index (χ1) is 13.5. The minimum Gasteiger partial charge on any atom is -0.496 e. The van der Waals surface area contributed by atoms with E-state index in [2.05, 4.69) is 59.0 Å². The Balaban J connectivity index is 1.58. The molecule has 0 amide bonds. The van der Waals surface area contributed by atoms with Crippen LogP contribution in [0.5, 0.6) is 5.75 Å². The third kappa shape index (κ3) is 4.91. The zero-order valence-corrected chi connectivity index (χ0v) is 20.6. The topological polar surface area (TPSA) is 38.7 Å². The molecule has 0 saturated heterocycles. The van der Waals surface area contributed by atoms with Gasteiger partial charge in [-0.05, 0) is 91.1 Å². The summed E-state index contributed by atoms with van der Waals surface area (Å²) in [7, 11) is 0.0854. The van der Waals surface area contributed by atoms with Crippen LogP contribution in [0.25, 0.3) is 0 Å². The van der Waals surface area contributed by atoms with E-state index in [4.69, 9.17) is 9.16 Å². The minimum absolute atomic E-state index is 0.154. The Morgan fingerprint density at radius 1 is 1.21 bits per heavy atom. The fourth-order valence-electron chi connectivity index (χ4n) is 5.12. The van der Waals surface area contributed by atoms with Crippen LogP contribution >= 0.6 is 0 Å². The smallest absolute Gasteiger partial charge is 0.191 e. The van der Waals surface area contributed by atoms with Gasteiger partial charge in [0.15, 0.2) is 8.32 Å². The SMILES string of the molecule is COc1cccc2c1C[C@H]1C[C@@H](O)[C@H](CC[C@@H](C)CO[Si](C)(C)C(C)(C)C)[C@H]1C2. The van der Waals surface area contributed by atoms with E-state index in [9.17, 15) is 5.11 Å². The summed E-state index contributed by atoms with van der Waals surface area (Å²) in [5, 5.41) is 11.1. The molecule has 1 aromatic carbocycles. The number of aliphatic hydroxyl groups is 1. The lowest BCUT2D eigenvalue weighted by Crippen LogP contribution is -2.41. The molecular formula is C25H42O3Si. The van der Waals surface area contributed by atoms with Gasteiger partial charge in [0.05, 0.1) is 13.2 Å². The van der Waals surface area contributed by atoms with Crippen molar-refractivity contribution in [3.8, 4) is 5.75 Å². The lowest BCUT2D eigenvalue weighted by molar-refractivity contribution is 0.103. The van der Waals surface area contributed by atoms with E-state index in [-0.39, 0.29) is 11.1 Å². The molecule has 2 aliphatic carbocycles. The summed E-state index contributed by atoms with van der Waals surface area (Å²) in [6.07, 6.45) is 5.20. The van der Waals surface area contributed by atoms with Crippen LogP contribution < -0.4 is 4.74 Å². The van der Waals surface area contributed by atoms with Crippen molar-refractivity contribution in [2.75, 3.05) is 13.7 Å². The Labute approximate surface area is 179 Å². The van der Waals surface area contributed by atoms with Gasteiger partial charge < -0.3 is 14.3 Å². The number of rotatable bonds is 7. The molecule has 3 nitrogen and oxygen atoms in total. The highest BCUT2D eigenvalue weighted by molar-refractivity contribution is 6.74. The van der Waals surface area contributed by atoms with Gasteiger partial charge in [0.1, 0.15) is 5.75 Å². The third-order valence-corrected chi connectivity index (χ3v) is 12.6. The van der Waals surface area contributed by atoms with Crippen molar-refractivity contribution in [3.05, 3.63) is 29.3 Å². The van der Waals surface area contributed by atoms with Crippen molar-refractivity contribution in [3.63, 3.8) is 0 Å². The molecule has 2 aliphatic rings.